The van der Waals surface area contributed by atoms with Crippen molar-refractivity contribution in [3.8, 4) is 0 Å². The van der Waals surface area contributed by atoms with Crippen LogP contribution in [0.2, 0.25) is 0 Å². The molecule has 0 saturated carbocycles. The van der Waals surface area contributed by atoms with Crippen LogP contribution in [0.15, 0.2) is 22.5 Å². The van der Waals surface area contributed by atoms with E-state index in [1.165, 1.54) is 0 Å². The summed E-state index contributed by atoms with van der Waals surface area (Å²) < 4.78 is 0. The standard InChI is InChI=1S/C11H15NO4/c1-5-8(10(13)14)6(2)12(4)7(3)9(5)11(15)16/h5H,1-4H3,(H,13,14)(H,15,16). The van der Waals surface area contributed by atoms with Crippen LogP contribution in [0.5, 0.6) is 0 Å². The van der Waals surface area contributed by atoms with Crippen LogP contribution in [0.1, 0.15) is 20.8 Å². The van der Waals surface area contributed by atoms with Crippen molar-refractivity contribution in [2.24, 2.45) is 5.92 Å². The molecule has 0 radical (unpaired) electrons. The van der Waals surface area contributed by atoms with Gasteiger partial charge in [0, 0.05) is 24.4 Å². The van der Waals surface area contributed by atoms with Gasteiger partial charge in [0.25, 0.3) is 0 Å². The third-order valence-corrected chi connectivity index (χ3v) is 3.11. The molecule has 1 aliphatic heterocycles. The van der Waals surface area contributed by atoms with Crippen LogP contribution < -0.4 is 0 Å². The number of carboxylic acids is 2. The van der Waals surface area contributed by atoms with E-state index < -0.39 is 17.9 Å². The monoisotopic (exact) mass is 225 g/mol. The van der Waals surface area contributed by atoms with Gasteiger partial charge in [0.05, 0.1) is 11.1 Å². The van der Waals surface area contributed by atoms with E-state index in [0.29, 0.717) is 11.4 Å². The molecule has 0 aromatic carbocycles. The molecule has 5 nitrogen and oxygen atoms in total. The van der Waals surface area contributed by atoms with E-state index in [9.17, 15) is 9.59 Å². The largest absolute Gasteiger partial charge is 0.478 e. The summed E-state index contributed by atoms with van der Waals surface area (Å²) in [5, 5.41) is 18.2. The first-order chi connectivity index (χ1) is 7.29. The third-order valence-electron chi connectivity index (χ3n) is 3.11. The van der Waals surface area contributed by atoms with Crippen LogP contribution in [-0.2, 0) is 9.59 Å². The molecule has 0 aliphatic carbocycles. The Kier molecular flexibility index (Phi) is 3.07. The maximum Gasteiger partial charge on any atom is 0.333 e. The molecule has 1 heterocycles. The average Bonchev–Trinajstić information content (AvgIpc) is 2.13. The first kappa shape index (κ1) is 12.3. The molecule has 0 bridgehead atoms. The lowest BCUT2D eigenvalue weighted by Crippen LogP contribution is -2.32. The minimum atomic E-state index is -1.07. The van der Waals surface area contributed by atoms with Crippen molar-refractivity contribution in [3.05, 3.63) is 22.5 Å². The summed E-state index contributed by atoms with van der Waals surface area (Å²) in [6, 6.07) is 0. The van der Waals surface area contributed by atoms with Gasteiger partial charge in [-0.2, -0.15) is 0 Å². The van der Waals surface area contributed by atoms with Crippen molar-refractivity contribution in [2.75, 3.05) is 7.05 Å². The van der Waals surface area contributed by atoms with Crippen LogP contribution in [0.25, 0.3) is 0 Å². The molecule has 0 spiro atoms. The Labute approximate surface area is 93.7 Å². The fourth-order valence-electron chi connectivity index (χ4n) is 2.06. The fraction of sp³-hybridized carbons (Fsp3) is 0.455. The van der Waals surface area contributed by atoms with Crippen LogP contribution in [-0.4, -0.2) is 34.1 Å². The minimum absolute atomic E-state index is 0.144. The molecule has 0 amide bonds. The summed E-state index contributed by atoms with van der Waals surface area (Å²) in [7, 11) is 1.67. The SMILES string of the molecule is CC1=C(C(=O)O)C(C)C(C(=O)O)=C(C)N1C. The molecule has 88 valence electrons. The highest BCUT2D eigenvalue weighted by Gasteiger charge is 2.34. The second-order valence-electron chi connectivity index (χ2n) is 3.89. The highest BCUT2D eigenvalue weighted by molar-refractivity contribution is 5.96. The summed E-state index contributed by atoms with van der Waals surface area (Å²) in [5.41, 5.74) is 1.46. The van der Waals surface area contributed by atoms with E-state index in [0.717, 1.165) is 0 Å². The minimum Gasteiger partial charge on any atom is -0.478 e. The zero-order chi connectivity index (χ0) is 12.6. The maximum atomic E-state index is 11.1. The molecule has 2 N–H and O–H groups in total. The number of rotatable bonds is 2. The van der Waals surface area contributed by atoms with E-state index in [1.807, 2.05) is 0 Å². The first-order valence-electron chi connectivity index (χ1n) is 4.90. The summed E-state index contributed by atoms with van der Waals surface area (Å²) in [4.78, 5) is 23.8. The number of allylic oxidation sites excluding steroid dienone is 2. The molecule has 0 saturated heterocycles. The van der Waals surface area contributed by atoms with Gasteiger partial charge in [0.1, 0.15) is 0 Å². The second-order valence-corrected chi connectivity index (χ2v) is 3.89. The van der Waals surface area contributed by atoms with Crippen LogP contribution in [0, 0.1) is 5.92 Å². The lowest BCUT2D eigenvalue weighted by atomic mass is 9.86. The maximum absolute atomic E-state index is 11.1. The van der Waals surface area contributed by atoms with Crippen LogP contribution in [0.3, 0.4) is 0 Å². The zero-order valence-corrected chi connectivity index (χ0v) is 9.74. The number of carbonyl (C=O) groups is 2. The van der Waals surface area contributed by atoms with Crippen molar-refractivity contribution in [1.29, 1.82) is 0 Å². The summed E-state index contributed by atoms with van der Waals surface area (Å²) in [5.74, 6) is -2.72. The van der Waals surface area contributed by atoms with Crippen molar-refractivity contribution in [2.45, 2.75) is 20.8 Å². The second kappa shape index (κ2) is 4.00. The van der Waals surface area contributed by atoms with Gasteiger partial charge in [-0.25, -0.2) is 9.59 Å². The molecule has 1 rings (SSSR count). The van der Waals surface area contributed by atoms with Gasteiger partial charge in [-0.1, -0.05) is 6.92 Å². The molecular weight excluding hydrogens is 210 g/mol. The van der Waals surface area contributed by atoms with Crippen molar-refractivity contribution in [3.63, 3.8) is 0 Å². The van der Waals surface area contributed by atoms with E-state index in [-0.39, 0.29) is 11.1 Å². The Hall–Kier alpha value is -1.78. The predicted molar refractivity (Wildman–Crippen MR) is 57.6 cm³/mol. The van der Waals surface area contributed by atoms with Gasteiger partial charge >= 0.3 is 11.9 Å². The van der Waals surface area contributed by atoms with Gasteiger partial charge in [-0.3, -0.25) is 0 Å². The number of aliphatic carboxylic acids is 2. The number of nitrogens with zero attached hydrogens (tertiary/aromatic N) is 1. The van der Waals surface area contributed by atoms with Crippen molar-refractivity contribution in [1.82, 2.24) is 4.90 Å². The lowest BCUT2D eigenvalue weighted by Gasteiger charge is -2.32. The normalized spacial score (nSPS) is 18.1. The van der Waals surface area contributed by atoms with Gasteiger partial charge in [-0.05, 0) is 13.8 Å². The Morgan fingerprint density at radius 3 is 1.62 bits per heavy atom. The van der Waals surface area contributed by atoms with Crippen molar-refractivity contribution >= 4 is 11.9 Å². The fourth-order valence-corrected chi connectivity index (χ4v) is 2.06. The van der Waals surface area contributed by atoms with Gasteiger partial charge in [-0.15, -0.1) is 0 Å². The molecule has 5 heteroatoms. The molecule has 0 aromatic rings. The van der Waals surface area contributed by atoms with Crippen LogP contribution in [0.4, 0.5) is 0 Å². The molecular formula is C11H15NO4. The van der Waals surface area contributed by atoms with E-state index in [1.54, 1.807) is 32.7 Å². The van der Waals surface area contributed by atoms with Gasteiger partial charge < -0.3 is 15.1 Å². The van der Waals surface area contributed by atoms with Crippen LogP contribution >= 0.6 is 0 Å². The van der Waals surface area contributed by atoms with E-state index in [4.69, 9.17) is 10.2 Å². The van der Waals surface area contributed by atoms with E-state index >= 15 is 0 Å². The lowest BCUT2D eigenvalue weighted by molar-refractivity contribution is -0.134. The molecule has 0 aromatic heterocycles. The number of carboxylic acid groups (broad SMARTS) is 2. The Balaban J connectivity index is 3.38. The number of hydrogen-bond acceptors (Lipinski definition) is 3. The molecule has 0 fully saturated rings. The zero-order valence-electron chi connectivity index (χ0n) is 9.74. The molecule has 0 unspecified atom stereocenters. The van der Waals surface area contributed by atoms with Crippen molar-refractivity contribution < 1.29 is 19.8 Å². The highest BCUT2D eigenvalue weighted by atomic mass is 16.4. The third kappa shape index (κ3) is 1.68. The van der Waals surface area contributed by atoms with Gasteiger partial charge in [0.2, 0.25) is 0 Å². The Morgan fingerprint density at radius 2 is 1.38 bits per heavy atom. The first-order valence-corrected chi connectivity index (χ1v) is 4.90. The predicted octanol–water partition coefficient (Wildman–Crippen LogP) is 1.29. The quantitative estimate of drug-likeness (QED) is 0.740. The van der Waals surface area contributed by atoms with Gasteiger partial charge in [0.15, 0.2) is 0 Å². The summed E-state index contributed by atoms with van der Waals surface area (Å²) >= 11 is 0. The molecule has 16 heavy (non-hydrogen) atoms. The molecule has 0 atom stereocenters. The smallest absolute Gasteiger partial charge is 0.333 e. The molecule has 1 aliphatic rings. The highest BCUT2D eigenvalue weighted by Crippen LogP contribution is 2.34. The summed E-state index contributed by atoms with van der Waals surface area (Å²) in [6.07, 6.45) is 0. The summed E-state index contributed by atoms with van der Waals surface area (Å²) in [6.45, 7) is 4.97. The van der Waals surface area contributed by atoms with E-state index in [2.05, 4.69) is 0 Å². The topological polar surface area (TPSA) is 77.8 Å². The average molecular weight is 225 g/mol. The Morgan fingerprint density at radius 1 is 1.06 bits per heavy atom. The Bertz CT molecular complexity index is 382. The number of hydrogen-bond donors (Lipinski definition) is 2.